The average Bonchev–Trinajstić information content (AvgIpc) is 2.93. The van der Waals surface area contributed by atoms with Crippen molar-refractivity contribution in [3.05, 3.63) is 35.4 Å². The summed E-state index contributed by atoms with van der Waals surface area (Å²) in [6.07, 6.45) is 2.81. The third kappa shape index (κ3) is 6.69. The van der Waals surface area contributed by atoms with Crippen molar-refractivity contribution in [2.75, 3.05) is 31.6 Å². The summed E-state index contributed by atoms with van der Waals surface area (Å²) in [6.45, 7) is 5.92. The summed E-state index contributed by atoms with van der Waals surface area (Å²) in [4.78, 5) is 4.21. The maximum Gasteiger partial charge on any atom is 0.190 e. The van der Waals surface area contributed by atoms with E-state index in [4.69, 9.17) is 0 Å². The molecule has 5 nitrogen and oxygen atoms in total. The average molecular weight is 366 g/mol. The van der Waals surface area contributed by atoms with Gasteiger partial charge in [0.15, 0.2) is 15.8 Å². The zero-order valence-electron chi connectivity index (χ0n) is 15.6. The number of sulfone groups is 1. The molecule has 1 atom stereocenters. The van der Waals surface area contributed by atoms with Crippen LogP contribution in [-0.4, -0.2) is 46.0 Å². The Hall–Kier alpha value is -1.56. The summed E-state index contributed by atoms with van der Waals surface area (Å²) >= 11 is 0. The minimum absolute atomic E-state index is 0.197. The number of benzene rings is 1. The largest absolute Gasteiger partial charge is 0.356 e. The van der Waals surface area contributed by atoms with Crippen LogP contribution in [0.25, 0.3) is 0 Å². The quantitative estimate of drug-likeness (QED) is 0.442. The predicted octanol–water partition coefficient (Wildman–Crippen LogP) is 2.34. The van der Waals surface area contributed by atoms with Crippen LogP contribution in [0.5, 0.6) is 0 Å². The van der Waals surface area contributed by atoms with Gasteiger partial charge in [-0.3, -0.25) is 4.99 Å². The van der Waals surface area contributed by atoms with Gasteiger partial charge in [-0.2, -0.15) is 0 Å². The molecule has 1 aliphatic heterocycles. The Labute approximate surface area is 152 Å². The molecule has 6 heteroatoms. The lowest BCUT2D eigenvalue weighted by Crippen LogP contribution is -2.40. The Morgan fingerprint density at radius 3 is 2.52 bits per heavy atom. The minimum Gasteiger partial charge on any atom is -0.356 e. The molecule has 0 amide bonds. The monoisotopic (exact) mass is 365 g/mol. The van der Waals surface area contributed by atoms with E-state index in [9.17, 15) is 8.42 Å². The van der Waals surface area contributed by atoms with Crippen LogP contribution in [0.2, 0.25) is 0 Å². The molecule has 0 radical (unpaired) electrons. The number of hydrogen-bond donors (Lipinski definition) is 2. The Morgan fingerprint density at radius 1 is 1.24 bits per heavy atom. The second-order valence-electron chi connectivity index (χ2n) is 7.15. The zero-order chi connectivity index (χ0) is 18.3. The van der Waals surface area contributed by atoms with Crippen molar-refractivity contribution >= 4 is 15.8 Å². The molecule has 0 spiro atoms. The van der Waals surface area contributed by atoms with Crippen LogP contribution < -0.4 is 10.6 Å². The Kier molecular flexibility index (Phi) is 7.29. The molecule has 25 heavy (non-hydrogen) atoms. The molecule has 0 bridgehead atoms. The van der Waals surface area contributed by atoms with Gasteiger partial charge in [-0.25, -0.2) is 8.42 Å². The van der Waals surface area contributed by atoms with Crippen molar-refractivity contribution in [1.82, 2.24) is 10.6 Å². The number of aliphatic imine (C=N–C) groups is 1. The predicted molar refractivity (Wildman–Crippen MR) is 105 cm³/mol. The van der Waals surface area contributed by atoms with Crippen LogP contribution in [0.15, 0.2) is 29.3 Å². The molecular formula is C19H31N3O2S. The lowest BCUT2D eigenvalue weighted by atomic mass is 10.0. The molecule has 2 rings (SSSR count). The molecule has 1 heterocycles. The second kappa shape index (κ2) is 9.22. The smallest absolute Gasteiger partial charge is 0.190 e. The fraction of sp³-hybridized carbons (Fsp3) is 0.632. The van der Waals surface area contributed by atoms with Gasteiger partial charge in [0.2, 0.25) is 0 Å². The number of aryl methyl sites for hydroxylation is 1. The van der Waals surface area contributed by atoms with Gasteiger partial charge in [-0.15, -0.1) is 0 Å². The Bertz CT molecular complexity index is 666. The van der Waals surface area contributed by atoms with Crippen molar-refractivity contribution in [3.8, 4) is 0 Å². The first-order valence-corrected chi connectivity index (χ1v) is 11.0. The summed E-state index contributed by atoms with van der Waals surface area (Å²) in [5, 5.41) is 6.55. The van der Waals surface area contributed by atoms with Crippen LogP contribution in [0.3, 0.4) is 0 Å². The third-order valence-electron chi connectivity index (χ3n) is 4.69. The maximum atomic E-state index is 11.5. The highest BCUT2D eigenvalue weighted by Crippen LogP contribution is 2.17. The fourth-order valence-corrected chi connectivity index (χ4v) is 4.92. The highest BCUT2D eigenvalue weighted by molar-refractivity contribution is 7.91. The number of rotatable bonds is 7. The van der Waals surface area contributed by atoms with Gasteiger partial charge >= 0.3 is 0 Å². The molecule has 1 unspecified atom stereocenters. The number of guanidine groups is 1. The first-order valence-electron chi connectivity index (χ1n) is 9.13. The standard InChI is InChI=1S/C19H31N3O2S/c1-15(2)18-8-6-16(7-9-18)5-4-11-21-19(20-3)22-13-17-10-12-25(23,24)14-17/h6-9,15,17H,4-5,10-14H2,1-3H3,(H2,20,21,22). The van der Waals surface area contributed by atoms with E-state index in [1.807, 2.05) is 0 Å². The van der Waals surface area contributed by atoms with Gasteiger partial charge < -0.3 is 10.6 Å². The molecule has 1 aromatic rings. The van der Waals surface area contributed by atoms with Crippen LogP contribution >= 0.6 is 0 Å². The van der Waals surface area contributed by atoms with Gasteiger partial charge in [-0.05, 0) is 42.2 Å². The molecule has 0 aromatic heterocycles. The summed E-state index contributed by atoms with van der Waals surface area (Å²) in [5.41, 5.74) is 2.73. The first-order chi connectivity index (χ1) is 11.9. The zero-order valence-corrected chi connectivity index (χ0v) is 16.4. The molecule has 0 aliphatic carbocycles. The van der Waals surface area contributed by atoms with E-state index < -0.39 is 9.84 Å². The summed E-state index contributed by atoms with van der Waals surface area (Å²) in [5.74, 6) is 2.13. The summed E-state index contributed by atoms with van der Waals surface area (Å²) < 4.78 is 23.0. The highest BCUT2D eigenvalue weighted by atomic mass is 32.2. The highest BCUT2D eigenvalue weighted by Gasteiger charge is 2.27. The van der Waals surface area contributed by atoms with E-state index in [2.05, 4.69) is 53.7 Å². The van der Waals surface area contributed by atoms with Crippen molar-refractivity contribution in [2.24, 2.45) is 10.9 Å². The fourth-order valence-electron chi connectivity index (χ4n) is 3.06. The van der Waals surface area contributed by atoms with Crippen LogP contribution in [0.1, 0.15) is 43.7 Å². The van der Waals surface area contributed by atoms with E-state index in [1.165, 1.54) is 11.1 Å². The molecule has 1 aromatic carbocycles. The van der Waals surface area contributed by atoms with Crippen LogP contribution in [0, 0.1) is 5.92 Å². The van der Waals surface area contributed by atoms with Crippen molar-refractivity contribution in [2.45, 2.75) is 39.0 Å². The Morgan fingerprint density at radius 2 is 1.96 bits per heavy atom. The van der Waals surface area contributed by atoms with Gasteiger partial charge in [0.05, 0.1) is 11.5 Å². The van der Waals surface area contributed by atoms with Gasteiger partial charge in [0.25, 0.3) is 0 Å². The van der Waals surface area contributed by atoms with E-state index >= 15 is 0 Å². The normalized spacial score (nSPS) is 20.0. The molecule has 1 aliphatic rings. The van der Waals surface area contributed by atoms with Gasteiger partial charge in [0, 0.05) is 20.1 Å². The van der Waals surface area contributed by atoms with Gasteiger partial charge in [-0.1, -0.05) is 38.1 Å². The summed E-state index contributed by atoms with van der Waals surface area (Å²) in [7, 11) is -1.07. The minimum atomic E-state index is -2.81. The van der Waals surface area contributed by atoms with Gasteiger partial charge in [0.1, 0.15) is 0 Å². The number of hydrogen-bond acceptors (Lipinski definition) is 3. The van der Waals surface area contributed by atoms with Crippen LogP contribution in [0.4, 0.5) is 0 Å². The first kappa shape index (κ1) is 19.8. The van der Waals surface area contributed by atoms with E-state index in [-0.39, 0.29) is 5.92 Å². The summed E-state index contributed by atoms with van der Waals surface area (Å²) in [6, 6.07) is 8.85. The maximum absolute atomic E-state index is 11.5. The molecule has 1 saturated heterocycles. The van der Waals surface area contributed by atoms with E-state index in [0.29, 0.717) is 24.0 Å². The topological polar surface area (TPSA) is 70.6 Å². The molecule has 140 valence electrons. The molecule has 1 fully saturated rings. The van der Waals surface area contributed by atoms with E-state index in [0.717, 1.165) is 31.8 Å². The lowest BCUT2D eigenvalue weighted by molar-refractivity contribution is 0.566. The molecule has 2 N–H and O–H groups in total. The van der Waals surface area contributed by atoms with E-state index in [1.54, 1.807) is 7.05 Å². The Balaban J connectivity index is 1.65. The number of nitrogens with zero attached hydrogens (tertiary/aromatic N) is 1. The SMILES string of the molecule is CN=C(NCCCc1ccc(C(C)C)cc1)NCC1CCS(=O)(=O)C1. The lowest BCUT2D eigenvalue weighted by Gasteiger charge is -2.14. The number of nitrogens with one attached hydrogen (secondary N) is 2. The van der Waals surface area contributed by atoms with Crippen molar-refractivity contribution < 1.29 is 8.42 Å². The third-order valence-corrected chi connectivity index (χ3v) is 6.53. The molecular weight excluding hydrogens is 334 g/mol. The van der Waals surface area contributed by atoms with Crippen molar-refractivity contribution in [3.63, 3.8) is 0 Å². The molecule has 0 saturated carbocycles. The van der Waals surface area contributed by atoms with Crippen molar-refractivity contribution in [1.29, 1.82) is 0 Å². The second-order valence-corrected chi connectivity index (χ2v) is 9.38. The van der Waals surface area contributed by atoms with Crippen LogP contribution in [-0.2, 0) is 16.3 Å².